The minimum atomic E-state index is -0.125. The van der Waals surface area contributed by atoms with Gasteiger partial charge in [0.05, 0.1) is 5.69 Å². The first-order chi connectivity index (χ1) is 9.95. The van der Waals surface area contributed by atoms with E-state index in [0.29, 0.717) is 22.7 Å². The molecule has 1 aliphatic rings. The van der Waals surface area contributed by atoms with E-state index in [0.717, 1.165) is 12.2 Å². The van der Waals surface area contributed by atoms with E-state index < -0.39 is 0 Å². The van der Waals surface area contributed by atoms with E-state index in [1.54, 1.807) is 16.9 Å². The smallest absolute Gasteiger partial charge is 0.271 e. The summed E-state index contributed by atoms with van der Waals surface area (Å²) in [5, 5.41) is 7.26. The summed E-state index contributed by atoms with van der Waals surface area (Å²) < 4.78 is 1.66. The van der Waals surface area contributed by atoms with Gasteiger partial charge >= 0.3 is 0 Å². The molecular formula is C16H20N4O. The first-order valence-corrected chi connectivity index (χ1v) is 7.15. The zero-order valence-corrected chi connectivity index (χ0v) is 12.3. The Kier molecular flexibility index (Phi) is 3.20. The first-order valence-electron chi connectivity index (χ1n) is 7.15. The number of nitrogens with zero attached hydrogens (tertiary/aromatic N) is 2. The second kappa shape index (κ2) is 4.91. The Morgan fingerprint density at radius 2 is 2.24 bits per heavy atom. The first kappa shape index (κ1) is 13.7. The Morgan fingerprint density at radius 3 is 2.90 bits per heavy atom. The number of anilines is 1. The molecule has 1 aromatic carbocycles. The van der Waals surface area contributed by atoms with Gasteiger partial charge in [-0.25, -0.2) is 4.68 Å². The molecule has 5 nitrogen and oxygen atoms in total. The number of aromatic nitrogens is 2. The maximum absolute atomic E-state index is 12.1. The molecule has 3 rings (SSSR count). The largest absolute Gasteiger partial charge is 0.399 e. The number of nitrogens with two attached hydrogens (primary N) is 1. The van der Waals surface area contributed by atoms with Crippen LogP contribution in [0.5, 0.6) is 0 Å². The summed E-state index contributed by atoms with van der Waals surface area (Å²) in [6.07, 6.45) is 2.94. The van der Waals surface area contributed by atoms with E-state index in [4.69, 9.17) is 5.73 Å². The molecule has 1 aromatic heterocycles. The number of hydrogen-bond acceptors (Lipinski definition) is 3. The molecule has 5 heteroatoms. The summed E-state index contributed by atoms with van der Waals surface area (Å²) in [6.45, 7) is 5.16. The van der Waals surface area contributed by atoms with E-state index in [-0.39, 0.29) is 5.91 Å². The highest BCUT2D eigenvalue weighted by atomic mass is 16.1. The van der Waals surface area contributed by atoms with Crippen LogP contribution in [-0.2, 0) is 0 Å². The van der Waals surface area contributed by atoms with Gasteiger partial charge in [-0.3, -0.25) is 4.79 Å². The lowest BCUT2D eigenvalue weighted by Crippen LogP contribution is -2.27. The number of benzene rings is 1. The molecule has 2 aromatic rings. The number of carbonyl (C=O) groups is 1. The minimum Gasteiger partial charge on any atom is -0.399 e. The average molecular weight is 284 g/mol. The standard InChI is InChI=1S/C16H20N4O/c1-16(2)9-11(16)10-18-15(21)14-6-7-20(19-14)13-5-3-4-12(17)8-13/h3-8,11H,9-10,17H2,1-2H3,(H,18,21). The van der Waals surface area contributed by atoms with Crippen molar-refractivity contribution in [3.8, 4) is 5.69 Å². The van der Waals surface area contributed by atoms with Gasteiger partial charge in [0.25, 0.3) is 5.91 Å². The van der Waals surface area contributed by atoms with Gasteiger partial charge < -0.3 is 11.1 Å². The lowest BCUT2D eigenvalue weighted by atomic mass is 10.1. The Hall–Kier alpha value is -2.30. The van der Waals surface area contributed by atoms with Crippen molar-refractivity contribution in [1.29, 1.82) is 0 Å². The summed E-state index contributed by atoms with van der Waals surface area (Å²) in [6, 6.07) is 9.12. The summed E-state index contributed by atoms with van der Waals surface area (Å²) >= 11 is 0. The molecule has 0 radical (unpaired) electrons. The van der Waals surface area contributed by atoms with Gasteiger partial charge in [0, 0.05) is 18.4 Å². The third-order valence-corrected chi connectivity index (χ3v) is 4.18. The number of carbonyl (C=O) groups excluding carboxylic acids is 1. The SMILES string of the molecule is CC1(C)CC1CNC(=O)c1ccn(-c2cccc(N)c2)n1. The Bertz CT molecular complexity index is 674. The molecule has 0 spiro atoms. The third-order valence-electron chi connectivity index (χ3n) is 4.18. The van der Waals surface area contributed by atoms with E-state index in [1.807, 2.05) is 24.3 Å². The highest BCUT2D eigenvalue weighted by Crippen LogP contribution is 2.50. The number of amides is 1. The van der Waals surface area contributed by atoms with Gasteiger partial charge in [-0.15, -0.1) is 0 Å². The average Bonchev–Trinajstić information content (AvgIpc) is 2.88. The zero-order chi connectivity index (χ0) is 15.0. The molecule has 1 unspecified atom stereocenters. The number of hydrogen-bond donors (Lipinski definition) is 2. The number of rotatable bonds is 4. The number of nitrogen functional groups attached to an aromatic ring is 1. The van der Waals surface area contributed by atoms with Gasteiger partial charge in [-0.1, -0.05) is 19.9 Å². The lowest BCUT2D eigenvalue weighted by molar-refractivity contribution is 0.0945. The van der Waals surface area contributed by atoms with E-state index in [1.165, 1.54) is 6.42 Å². The molecule has 0 saturated heterocycles. The van der Waals surface area contributed by atoms with Crippen LogP contribution in [0, 0.1) is 11.3 Å². The lowest BCUT2D eigenvalue weighted by Gasteiger charge is -2.05. The fourth-order valence-electron chi connectivity index (χ4n) is 2.49. The van der Waals surface area contributed by atoms with E-state index in [9.17, 15) is 4.79 Å². The predicted octanol–water partition coefficient (Wildman–Crippen LogP) is 2.23. The molecular weight excluding hydrogens is 264 g/mol. The van der Waals surface area contributed by atoms with E-state index >= 15 is 0 Å². The molecule has 1 saturated carbocycles. The molecule has 1 aliphatic carbocycles. The maximum Gasteiger partial charge on any atom is 0.271 e. The van der Waals surface area contributed by atoms with Gasteiger partial charge in [0.1, 0.15) is 0 Å². The fourth-order valence-corrected chi connectivity index (χ4v) is 2.49. The molecule has 3 N–H and O–H groups in total. The Morgan fingerprint density at radius 1 is 1.48 bits per heavy atom. The normalized spacial score (nSPS) is 19.2. The topological polar surface area (TPSA) is 72.9 Å². The second-order valence-corrected chi connectivity index (χ2v) is 6.34. The van der Waals surface area contributed by atoms with Crippen LogP contribution in [0.1, 0.15) is 30.8 Å². The molecule has 1 atom stereocenters. The monoisotopic (exact) mass is 284 g/mol. The van der Waals surface area contributed by atoms with Crippen LogP contribution in [0.25, 0.3) is 5.69 Å². The molecule has 1 amide bonds. The quantitative estimate of drug-likeness (QED) is 0.846. The molecule has 1 fully saturated rings. The Balaban J connectivity index is 1.66. The summed E-state index contributed by atoms with van der Waals surface area (Å²) in [5.41, 5.74) is 8.07. The van der Waals surface area contributed by atoms with Crippen LogP contribution >= 0.6 is 0 Å². The molecule has 0 bridgehead atoms. The van der Waals surface area contributed by atoms with Crippen molar-refractivity contribution in [3.05, 3.63) is 42.2 Å². The van der Waals surface area contributed by atoms with Crippen LogP contribution in [0.3, 0.4) is 0 Å². The molecule has 21 heavy (non-hydrogen) atoms. The summed E-state index contributed by atoms with van der Waals surface area (Å²) in [4.78, 5) is 12.1. The molecule has 0 aliphatic heterocycles. The van der Waals surface area contributed by atoms with Gasteiger partial charge in [-0.2, -0.15) is 5.10 Å². The van der Waals surface area contributed by atoms with Crippen LogP contribution in [0.2, 0.25) is 0 Å². The van der Waals surface area contributed by atoms with Crippen molar-refractivity contribution < 1.29 is 4.79 Å². The second-order valence-electron chi connectivity index (χ2n) is 6.34. The van der Waals surface area contributed by atoms with Crippen LogP contribution in [-0.4, -0.2) is 22.2 Å². The van der Waals surface area contributed by atoms with Crippen molar-refractivity contribution in [2.75, 3.05) is 12.3 Å². The predicted molar refractivity (Wildman–Crippen MR) is 82.2 cm³/mol. The van der Waals surface area contributed by atoms with Gasteiger partial charge in [0.15, 0.2) is 5.69 Å². The third kappa shape index (κ3) is 2.91. The zero-order valence-electron chi connectivity index (χ0n) is 12.3. The minimum absolute atomic E-state index is 0.125. The highest BCUT2D eigenvalue weighted by molar-refractivity contribution is 5.92. The maximum atomic E-state index is 12.1. The Labute approximate surface area is 124 Å². The summed E-state index contributed by atoms with van der Waals surface area (Å²) in [7, 11) is 0. The summed E-state index contributed by atoms with van der Waals surface area (Å²) in [5.74, 6) is 0.456. The number of nitrogens with one attached hydrogen (secondary N) is 1. The van der Waals surface area contributed by atoms with Gasteiger partial charge in [-0.05, 0) is 42.0 Å². The van der Waals surface area contributed by atoms with Crippen molar-refractivity contribution in [2.24, 2.45) is 11.3 Å². The molecule has 1 heterocycles. The van der Waals surface area contributed by atoms with E-state index in [2.05, 4.69) is 24.3 Å². The van der Waals surface area contributed by atoms with Crippen LogP contribution < -0.4 is 11.1 Å². The van der Waals surface area contributed by atoms with Crippen molar-refractivity contribution >= 4 is 11.6 Å². The van der Waals surface area contributed by atoms with Crippen molar-refractivity contribution in [3.63, 3.8) is 0 Å². The fraction of sp³-hybridized carbons (Fsp3) is 0.375. The molecule has 110 valence electrons. The van der Waals surface area contributed by atoms with Crippen LogP contribution in [0.15, 0.2) is 36.5 Å². The highest BCUT2D eigenvalue weighted by Gasteiger charge is 2.45. The van der Waals surface area contributed by atoms with Crippen molar-refractivity contribution in [1.82, 2.24) is 15.1 Å². The van der Waals surface area contributed by atoms with Gasteiger partial charge in [0.2, 0.25) is 0 Å². The van der Waals surface area contributed by atoms with Crippen molar-refractivity contribution in [2.45, 2.75) is 20.3 Å². The van der Waals surface area contributed by atoms with Crippen LogP contribution in [0.4, 0.5) is 5.69 Å².